The lowest BCUT2D eigenvalue weighted by atomic mass is 9.96. The van der Waals surface area contributed by atoms with Crippen LogP contribution in [0.1, 0.15) is 17.9 Å². The number of phenolic OH excluding ortho intramolecular Hbond substituents is 1. The Kier molecular flexibility index (Phi) is 2.31. The number of rotatable bonds is 4. The minimum Gasteiger partial charge on any atom is -0.508 e. The molecule has 0 amide bonds. The number of fused-ring (bicyclic) bond motifs is 1. The first-order chi connectivity index (χ1) is 10.1. The number of aliphatic carboxylic acids is 1. The summed E-state index contributed by atoms with van der Waals surface area (Å²) in [5, 5.41) is 19.2. The van der Waals surface area contributed by atoms with Crippen LogP contribution in [0.3, 0.4) is 0 Å². The van der Waals surface area contributed by atoms with E-state index in [0.29, 0.717) is 23.5 Å². The molecule has 3 unspecified atom stereocenters. The van der Waals surface area contributed by atoms with Crippen molar-refractivity contribution < 1.29 is 19.7 Å². The minimum absolute atomic E-state index is 0.0870. The molecule has 2 N–H and O–H groups in total. The number of pyridine rings is 1. The summed E-state index contributed by atoms with van der Waals surface area (Å²) in [7, 11) is 0. The standard InChI is InChI=1S/C16H13NO4/c18-13-2-1-10(21-9-3-5-17-6-4-9)7-11(13)14-12-8-16(12,14)15(19)20/h1-7,12,14,18H,8H2,(H,19,20). The van der Waals surface area contributed by atoms with E-state index in [0.717, 1.165) is 0 Å². The monoisotopic (exact) mass is 283 g/mol. The van der Waals surface area contributed by atoms with Gasteiger partial charge in [0, 0.05) is 23.9 Å². The number of ether oxygens (including phenoxy) is 1. The molecule has 0 bridgehead atoms. The average molecular weight is 283 g/mol. The number of hydrogen-bond acceptors (Lipinski definition) is 4. The van der Waals surface area contributed by atoms with Gasteiger partial charge in [-0.1, -0.05) is 0 Å². The van der Waals surface area contributed by atoms with E-state index in [1.807, 2.05) is 0 Å². The van der Waals surface area contributed by atoms with Gasteiger partial charge < -0.3 is 14.9 Å². The summed E-state index contributed by atoms with van der Waals surface area (Å²) in [4.78, 5) is 15.2. The summed E-state index contributed by atoms with van der Waals surface area (Å²) in [6, 6.07) is 8.43. The van der Waals surface area contributed by atoms with Crippen LogP contribution in [0, 0.1) is 11.3 Å². The van der Waals surface area contributed by atoms with Crippen molar-refractivity contribution >= 4 is 5.97 Å². The number of phenols is 1. The molecule has 2 fully saturated rings. The quantitative estimate of drug-likeness (QED) is 0.902. The predicted octanol–water partition coefficient (Wildman–Crippen LogP) is 2.77. The van der Waals surface area contributed by atoms with Gasteiger partial charge in [0.05, 0.1) is 5.41 Å². The third-order valence-electron chi connectivity index (χ3n) is 4.53. The zero-order chi connectivity index (χ0) is 14.6. The van der Waals surface area contributed by atoms with Crippen molar-refractivity contribution in [2.75, 3.05) is 0 Å². The number of nitrogens with zero attached hydrogens (tertiary/aromatic N) is 1. The number of carboxylic acid groups (broad SMARTS) is 1. The van der Waals surface area contributed by atoms with E-state index >= 15 is 0 Å². The molecule has 2 saturated carbocycles. The molecule has 0 aliphatic heterocycles. The van der Waals surface area contributed by atoms with Crippen molar-refractivity contribution in [2.24, 2.45) is 11.3 Å². The Bertz CT molecular complexity index is 730. The fourth-order valence-corrected chi connectivity index (χ4v) is 3.17. The Morgan fingerprint density at radius 1 is 1.24 bits per heavy atom. The molecule has 21 heavy (non-hydrogen) atoms. The van der Waals surface area contributed by atoms with Crippen molar-refractivity contribution in [1.29, 1.82) is 0 Å². The van der Waals surface area contributed by atoms with Crippen LogP contribution in [-0.4, -0.2) is 21.2 Å². The zero-order valence-electron chi connectivity index (χ0n) is 11.1. The van der Waals surface area contributed by atoms with Gasteiger partial charge in [0.15, 0.2) is 0 Å². The lowest BCUT2D eigenvalue weighted by molar-refractivity contribution is -0.141. The largest absolute Gasteiger partial charge is 0.508 e. The summed E-state index contributed by atoms with van der Waals surface area (Å²) in [5.41, 5.74) is 0.0347. The molecule has 0 spiro atoms. The lowest BCUT2D eigenvalue weighted by Crippen LogP contribution is -2.10. The zero-order valence-corrected chi connectivity index (χ0v) is 11.1. The summed E-state index contributed by atoms with van der Waals surface area (Å²) < 4.78 is 5.70. The first kappa shape index (κ1) is 12.2. The van der Waals surface area contributed by atoms with Gasteiger partial charge in [-0.05, 0) is 42.7 Å². The molecule has 0 radical (unpaired) electrons. The highest BCUT2D eigenvalue weighted by Gasteiger charge is 2.84. The third kappa shape index (κ3) is 1.70. The number of benzene rings is 1. The van der Waals surface area contributed by atoms with Crippen LogP contribution in [0.5, 0.6) is 17.2 Å². The fraction of sp³-hybridized carbons (Fsp3) is 0.250. The Hall–Kier alpha value is -2.56. The number of aromatic hydroxyl groups is 1. The second kappa shape index (κ2) is 3.97. The molecular formula is C16H13NO4. The van der Waals surface area contributed by atoms with Gasteiger partial charge in [-0.15, -0.1) is 0 Å². The van der Waals surface area contributed by atoms with Gasteiger partial charge >= 0.3 is 5.97 Å². The van der Waals surface area contributed by atoms with Gasteiger partial charge in [-0.2, -0.15) is 0 Å². The Balaban J connectivity index is 1.62. The summed E-state index contributed by atoms with van der Waals surface area (Å²) in [6.45, 7) is 0. The second-order valence-corrected chi connectivity index (χ2v) is 5.64. The predicted molar refractivity (Wildman–Crippen MR) is 73.3 cm³/mol. The molecule has 2 aromatic rings. The molecule has 2 aliphatic carbocycles. The van der Waals surface area contributed by atoms with Gasteiger partial charge in [0.1, 0.15) is 17.2 Å². The van der Waals surface area contributed by atoms with E-state index in [-0.39, 0.29) is 17.6 Å². The van der Waals surface area contributed by atoms with E-state index in [9.17, 15) is 15.0 Å². The Morgan fingerprint density at radius 3 is 2.62 bits per heavy atom. The molecule has 5 heteroatoms. The van der Waals surface area contributed by atoms with Crippen molar-refractivity contribution in [3.8, 4) is 17.2 Å². The molecular weight excluding hydrogens is 270 g/mol. The van der Waals surface area contributed by atoms with Gasteiger partial charge in [0.25, 0.3) is 0 Å². The molecule has 4 rings (SSSR count). The molecule has 5 nitrogen and oxygen atoms in total. The van der Waals surface area contributed by atoms with Crippen LogP contribution in [-0.2, 0) is 4.79 Å². The fourth-order valence-electron chi connectivity index (χ4n) is 3.17. The molecule has 3 atom stereocenters. The SMILES string of the molecule is O=C(O)C12CC1C2c1cc(Oc2ccncc2)ccc1O. The van der Waals surface area contributed by atoms with Crippen molar-refractivity contribution in [3.05, 3.63) is 48.3 Å². The smallest absolute Gasteiger partial charge is 0.310 e. The van der Waals surface area contributed by atoms with Crippen LogP contribution in [0.4, 0.5) is 0 Å². The number of carboxylic acids is 1. The van der Waals surface area contributed by atoms with Crippen LogP contribution in [0.15, 0.2) is 42.7 Å². The highest BCUT2D eigenvalue weighted by Crippen LogP contribution is 2.85. The molecule has 106 valence electrons. The highest BCUT2D eigenvalue weighted by atomic mass is 16.5. The second-order valence-electron chi connectivity index (χ2n) is 5.64. The molecule has 0 saturated heterocycles. The number of carbonyl (C=O) groups is 1. The van der Waals surface area contributed by atoms with E-state index in [2.05, 4.69) is 4.98 Å². The topological polar surface area (TPSA) is 79.7 Å². The molecule has 2 aliphatic rings. The first-order valence-corrected chi connectivity index (χ1v) is 6.77. The summed E-state index contributed by atoms with van der Waals surface area (Å²) in [5.74, 6) is 0.678. The highest BCUT2D eigenvalue weighted by molar-refractivity contribution is 5.87. The van der Waals surface area contributed by atoms with E-state index in [1.165, 1.54) is 0 Å². The van der Waals surface area contributed by atoms with E-state index in [1.54, 1.807) is 42.7 Å². The van der Waals surface area contributed by atoms with Crippen LogP contribution >= 0.6 is 0 Å². The Morgan fingerprint density at radius 2 is 2.00 bits per heavy atom. The maximum absolute atomic E-state index is 11.3. The molecule has 1 aromatic carbocycles. The van der Waals surface area contributed by atoms with Crippen LogP contribution < -0.4 is 4.74 Å². The normalized spacial score (nSPS) is 28.6. The first-order valence-electron chi connectivity index (χ1n) is 6.77. The average Bonchev–Trinajstić information content (AvgIpc) is 3.33. The lowest BCUT2D eigenvalue weighted by Gasteiger charge is -2.13. The van der Waals surface area contributed by atoms with Crippen LogP contribution in [0.2, 0.25) is 0 Å². The van der Waals surface area contributed by atoms with E-state index in [4.69, 9.17) is 4.74 Å². The number of aromatic nitrogens is 1. The van der Waals surface area contributed by atoms with Gasteiger partial charge in [-0.3, -0.25) is 9.78 Å². The molecule has 1 aromatic heterocycles. The summed E-state index contributed by atoms with van der Waals surface area (Å²) >= 11 is 0. The van der Waals surface area contributed by atoms with Crippen LogP contribution in [0.25, 0.3) is 0 Å². The molecule has 1 heterocycles. The van der Waals surface area contributed by atoms with Crippen molar-refractivity contribution in [1.82, 2.24) is 4.98 Å². The Labute approximate surface area is 120 Å². The minimum atomic E-state index is -0.766. The third-order valence-corrected chi connectivity index (χ3v) is 4.53. The van der Waals surface area contributed by atoms with E-state index < -0.39 is 11.4 Å². The number of hydrogen-bond donors (Lipinski definition) is 2. The van der Waals surface area contributed by atoms with Gasteiger partial charge in [-0.25, -0.2) is 0 Å². The van der Waals surface area contributed by atoms with Crippen molar-refractivity contribution in [2.45, 2.75) is 12.3 Å². The maximum Gasteiger partial charge on any atom is 0.310 e. The van der Waals surface area contributed by atoms with Gasteiger partial charge in [0.2, 0.25) is 0 Å². The maximum atomic E-state index is 11.3. The summed E-state index contributed by atoms with van der Waals surface area (Å²) in [6.07, 6.45) is 3.97. The van der Waals surface area contributed by atoms with Crippen molar-refractivity contribution in [3.63, 3.8) is 0 Å².